The first-order valence-electron chi connectivity index (χ1n) is 8.41. The summed E-state index contributed by atoms with van der Waals surface area (Å²) in [6, 6.07) is 15.2. The fraction of sp³-hybridized carbons (Fsp3) is 0.200. The Balaban J connectivity index is 1.76. The molecular formula is C20H19Cl2N3OS. The number of halogens is 2. The molecule has 0 amide bonds. The number of hydrogen-bond acceptors (Lipinski definition) is 4. The molecule has 3 rings (SSSR count). The van der Waals surface area contributed by atoms with E-state index in [9.17, 15) is 0 Å². The van der Waals surface area contributed by atoms with Crippen molar-refractivity contribution in [2.45, 2.75) is 30.5 Å². The summed E-state index contributed by atoms with van der Waals surface area (Å²) in [7, 11) is 0. The van der Waals surface area contributed by atoms with Crippen LogP contribution in [0.25, 0.3) is 0 Å². The fourth-order valence-corrected chi connectivity index (χ4v) is 3.74. The van der Waals surface area contributed by atoms with Gasteiger partial charge in [-0.2, -0.15) is 0 Å². The van der Waals surface area contributed by atoms with Crippen molar-refractivity contribution in [3.05, 3.63) is 82.6 Å². The monoisotopic (exact) mass is 419 g/mol. The summed E-state index contributed by atoms with van der Waals surface area (Å²) in [6.45, 7) is 6.37. The number of hydrogen-bond donors (Lipinski definition) is 0. The van der Waals surface area contributed by atoms with Crippen molar-refractivity contribution in [1.82, 2.24) is 14.8 Å². The lowest BCUT2D eigenvalue weighted by Gasteiger charge is -2.16. The smallest absolute Gasteiger partial charge is 0.191 e. The van der Waals surface area contributed by atoms with Gasteiger partial charge in [0.25, 0.3) is 0 Å². The average molecular weight is 420 g/mol. The maximum Gasteiger partial charge on any atom is 0.191 e. The highest BCUT2D eigenvalue weighted by Gasteiger charge is 2.19. The Morgan fingerprint density at radius 1 is 1.15 bits per heavy atom. The Labute approximate surface area is 173 Å². The lowest BCUT2D eigenvalue weighted by atomic mass is 10.2. The zero-order valence-electron chi connectivity index (χ0n) is 14.8. The van der Waals surface area contributed by atoms with Crippen LogP contribution >= 0.6 is 35.0 Å². The molecule has 0 N–H and O–H groups in total. The van der Waals surface area contributed by atoms with Gasteiger partial charge in [-0.3, -0.25) is 4.57 Å². The normalized spacial score (nSPS) is 12.0. The third-order valence-electron chi connectivity index (χ3n) is 3.84. The van der Waals surface area contributed by atoms with Gasteiger partial charge in [0.1, 0.15) is 5.75 Å². The molecule has 0 bridgehead atoms. The second-order valence-corrected chi connectivity index (χ2v) is 7.63. The van der Waals surface area contributed by atoms with Crippen LogP contribution in [0.5, 0.6) is 5.75 Å². The molecule has 0 saturated heterocycles. The molecule has 7 heteroatoms. The van der Waals surface area contributed by atoms with Crippen molar-refractivity contribution >= 4 is 35.0 Å². The summed E-state index contributed by atoms with van der Waals surface area (Å²) < 4.78 is 8.00. The van der Waals surface area contributed by atoms with Crippen LogP contribution in [0.15, 0.2) is 66.3 Å². The minimum Gasteiger partial charge on any atom is -0.481 e. The van der Waals surface area contributed by atoms with Crippen LogP contribution in [0.4, 0.5) is 0 Å². The molecule has 4 nitrogen and oxygen atoms in total. The topological polar surface area (TPSA) is 39.9 Å². The summed E-state index contributed by atoms with van der Waals surface area (Å²) in [5.74, 6) is 2.12. The standard InChI is InChI=1S/C20H19Cl2N3OS/c1-3-12-25-19(14(2)26-18-7-5-4-6-17(18)22)23-24-20(25)27-13-15-8-10-16(21)11-9-15/h3-11,14H,1,12-13H2,2H3/t14-/m0/s1. The quantitative estimate of drug-likeness (QED) is 0.321. The number of nitrogens with zero attached hydrogens (tertiary/aromatic N) is 3. The number of rotatable bonds is 8. The van der Waals surface area contributed by atoms with Gasteiger partial charge >= 0.3 is 0 Å². The number of aromatic nitrogens is 3. The molecule has 0 saturated carbocycles. The second-order valence-electron chi connectivity index (χ2n) is 5.85. The Bertz CT molecular complexity index is 912. The zero-order valence-corrected chi connectivity index (χ0v) is 17.1. The number of thioether (sulfide) groups is 1. The molecule has 3 aromatic rings. The minimum atomic E-state index is -0.303. The Hall–Kier alpha value is -1.95. The SMILES string of the molecule is C=CCn1c(SCc2ccc(Cl)cc2)nnc1[C@H](C)Oc1ccccc1Cl. The van der Waals surface area contributed by atoms with E-state index in [1.54, 1.807) is 17.8 Å². The van der Waals surface area contributed by atoms with E-state index in [-0.39, 0.29) is 6.10 Å². The summed E-state index contributed by atoms with van der Waals surface area (Å²) >= 11 is 13.7. The molecule has 1 heterocycles. The Morgan fingerprint density at radius 2 is 1.89 bits per heavy atom. The van der Waals surface area contributed by atoms with Crippen molar-refractivity contribution < 1.29 is 4.74 Å². The molecule has 0 radical (unpaired) electrons. The Morgan fingerprint density at radius 3 is 2.59 bits per heavy atom. The molecule has 0 aliphatic carbocycles. The fourth-order valence-electron chi connectivity index (χ4n) is 2.52. The summed E-state index contributed by atoms with van der Waals surface area (Å²) in [4.78, 5) is 0. The molecular weight excluding hydrogens is 401 g/mol. The van der Waals surface area contributed by atoms with Gasteiger partial charge in [0.15, 0.2) is 17.1 Å². The molecule has 27 heavy (non-hydrogen) atoms. The molecule has 1 aromatic heterocycles. The predicted octanol–water partition coefficient (Wildman–Crippen LogP) is 6.20. The number of para-hydroxylation sites is 1. The predicted molar refractivity (Wildman–Crippen MR) is 112 cm³/mol. The van der Waals surface area contributed by atoms with E-state index in [4.69, 9.17) is 27.9 Å². The van der Waals surface area contributed by atoms with Crippen molar-refractivity contribution in [3.8, 4) is 5.75 Å². The molecule has 0 aliphatic heterocycles. The largest absolute Gasteiger partial charge is 0.481 e. The summed E-state index contributed by atoms with van der Waals surface area (Å²) in [5.41, 5.74) is 1.17. The summed E-state index contributed by atoms with van der Waals surface area (Å²) in [5, 5.41) is 10.8. The van der Waals surface area contributed by atoms with Crippen LogP contribution in [0, 0.1) is 0 Å². The van der Waals surface area contributed by atoms with Gasteiger partial charge < -0.3 is 4.74 Å². The summed E-state index contributed by atoms with van der Waals surface area (Å²) in [6.07, 6.45) is 1.52. The van der Waals surface area contributed by atoms with Crippen LogP contribution in [0.1, 0.15) is 24.4 Å². The molecule has 140 valence electrons. The van der Waals surface area contributed by atoms with Crippen LogP contribution in [0.2, 0.25) is 10.0 Å². The van der Waals surface area contributed by atoms with Gasteiger partial charge in [0.05, 0.1) is 5.02 Å². The zero-order chi connectivity index (χ0) is 19.2. The van der Waals surface area contributed by atoms with E-state index >= 15 is 0 Å². The lowest BCUT2D eigenvalue weighted by Crippen LogP contribution is -2.12. The first kappa shape index (κ1) is 19.8. The highest BCUT2D eigenvalue weighted by atomic mass is 35.5. The van der Waals surface area contributed by atoms with Crippen molar-refractivity contribution in [1.29, 1.82) is 0 Å². The third kappa shape index (κ3) is 5.06. The van der Waals surface area contributed by atoms with Crippen LogP contribution in [-0.4, -0.2) is 14.8 Å². The van der Waals surface area contributed by atoms with E-state index in [1.165, 1.54) is 5.56 Å². The second kappa shape index (κ2) is 9.31. The van der Waals surface area contributed by atoms with Gasteiger partial charge in [-0.25, -0.2) is 0 Å². The van der Waals surface area contributed by atoms with E-state index in [0.717, 1.165) is 21.8 Å². The minimum absolute atomic E-state index is 0.303. The van der Waals surface area contributed by atoms with E-state index in [2.05, 4.69) is 16.8 Å². The van der Waals surface area contributed by atoms with Gasteiger partial charge in [0, 0.05) is 17.3 Å². The van der Waals surface area contributed by atoms with E-state index < -0.39 is 0 Å². The van der Waals surface area contributed by atoms with E-state index in [0.29, 0.717) is 17.3 Å². The third-order valence-corrected chi connectivity index (χ3v) is 5.44. The highest BCUT2D eigenvalue weighted by molar-refractivity contribution is 7.98. The maximum absolute atomic E-state index is 6.19. The van der Waals surface area contributed by atoms with Gasteiger partial charge in [0.2, 0.25) is 0 Å². The average Bonchev–Trinajstić information content (AvgIpc) is 3.06. The molecule has 1 atom stereocenters. The van der Waals surface area contributed by atoms with Crippen molar-refractivity contribution in [2.24, 2.45) is 0 Å². The number of allylic oxidation sites excluding steroid dienone is 1. The van der Waals surface area contributed by atoms with Crippen molar-refractivity contribution in [3.63, 3.8) is 0 Å². The first-order valence-corrected chi connectivity index (χ1v) is 10.1. The molecule has 0 unspecified atom stereocenters. The molecule has 0 aliphatic rings. The van der Waals surface area contributed by atoms with Crippen LogP contribution in [0.3, 0.4) is 0 Å². The van der Waals surface area contributed by atoms with Gasteiger partial charge in [-0.05, 0) is 36.8 Å². The molecule has 2 aromatic carbocycles. The number of ether oxygens (including phenoxy) is 1. The number of benzene rings is 2. The Kier molecular flexibility index (Phi) is 6.83. The van der Waals surface area contributed by atoms with Gasteiger partial charge in [-0.15, -0.1) is 16.8 Å². The maximum atomic E-state index is 6.19. The van der Waals surface area contributed by atoms with Gasteiger partial charge in [-0.1, -0.05) is 65.3 Å². The van der Waals surface area contributed by atoms with Crippen molar-refractivity contribution in [2.75, 3.05) is 0 Å². The highest BCUT2D eigenvalue weighted by Crippen LogP contribution is 2.30. The van der Waals surface area contributed by atoms with E-state index in [1.807, 2.05) is 60.0 Å². The lowest BCUT2D eigenvalue weighted by molar-refractivity contribution is 0.210. The first-order chi connectivity index (χ1) is 13.1. The van der Waals surface area contributed by atoms with Crippen LogP contribution < -0.4 is 4.74 Å². The molecule has 0 spiro atoms. The van der Waals surface area contributed by atoms with Crippen LogP contribution in [-0.2, 0) is 12.3 Å². The molecule has 0 fully saturated rings.